The van der Waals surface area contributed by atoms with Crippen LogP contribution in [-0.2, 0) is 10.0 Å². The molecule has 0 bridgehead atoms. The molecule has 2 aromatic rings. The largest absolute Gasteiger partial charge is 0.373 e. The molecule has 2 unspecified atom stereocenters. The van der Waals surface area contributed by atoms with Gasteiger partial charge in [0, 0.05) is 22.6 Å². The van der Waals surface area contributed by atoms with Crippen LogP contribution in [0.2, 0.25) is 0 Å². The molecule has 0 aliphatic carbocycles. The Labute approximate surface area is 150 Å². The molecule has 0 fully saturated rings. The monoisotopic (exact) mass is 367 g/mol. The lowest BCUT2D eigenvalue weighted by Crippen LogP contribution is -2.30. The number of aromatic nitrogens is 1. The summed E-state index contributed by atoms with van der Waals surface area (Å²) in [6.45, 7) is 7.96. The van der Waals surface area contributed by atoms with Crippen LogP contribution in [0.25, 0.3) is 10.9 Å². The van der Waals surface area contributed by atoms with E-state index in [2.05, 4.69) is 21.9 Å². The lowest BCUT2D eigenvalue weighted by atomic mass is 10.1. The maximum atomic E-state index is 12.1. The van der Waals surface area contributed by atoms with Gasteiger partial charge in [-0.2, -0.15) is 0 Å². The van der Waals surface area contributed by atoms with Crippen molar-refractivity contribution in [3.63, 3.8) is 0 Å². The van der Waals surface area contributed by atoms with Gasteiger partial charge in [0.1, 0.15) is 6.23 Å². The lowest BCUT2D eigenvalue weighted by Gasteiger charge is -2.17. The maximum absolute atomic E-state index is 12.1. The summed E-state index contributed by atoms with van der Waals surface area (Å²) in [4.78, 5) is 3.23. The quantitative estimate of drug-likeness (QED) is 0.511. The Kier molecular flexibility index (Phi) is 6.48. The van der Waals surface area contributed by atoms with Crippen molar-refractivity contribution in [1.82, 2.24) is 10.3 Å². The number of benzene rings is 1. The van der Waals surface area contributed by atoms with E-state index in [0.29, 0.717) is 17.8 Å². The summed E-state index contributed by atoms with van der Waals surface area (Å²) >= 11 is 0. The molecule has 2 rings (SSSR count). The van der Waals surface area contributed by atoms with E-state index >= 15 is 0 Å². The molecule has 140 valence electrons. The zero-order valence-electron chi connectivity index (χ0n) is 15.4. The second-order valence-corrected chi connectivity index (χ2v) is 8.42. The highest BCUT2D eigenvalue weighted by Gasteiger charge is 2.18. The van der Waals surface area contributed by atoms with Gasteiger partial charge in [-0.1, -0.05) is 20.3 Å². The first kappa shape index (κ1) is 19.8. The molecule has 0 aliphatic rings. The molecular weight excluding hydrogens is 338 g/mol. The van der Waals surface area contributed by atoms with E-state index in [4.69, 9.17) is 0 Å². The second-order valence-electron chi connectivity index (χ2n) is 6.58. The average molecular weight is 368 g/mol. The van der Waals surface area contributed by atoms with Crippen molar-refractivity contribution >= 4 is 26.6 Å². The first-order valence-electron chi connectivity index (χ1n) is 8.84. The van der Waals surface area contributed by atoms with Crippen molar-refractivity contribution in [3.05, 3.63) is 29.5 Å². The topological polar surface area (TPSA) is 94.2 Å². The molecule has 4 N–H and O–H groups in total. The first-order chi connectivity index (χ1) is 11.8. The van der Waals surface area contributed by atoms with E-state index in [1.54, 1.807) is 6.07 Å². The third-order valence-corrected chi connectivity index (χ3v) is 5.84. The molecular formula is C18H29N3O3S. The molecule has 0 saturated heterocycles. The van der Waals surface area contributed by atoms with Gasteiger partial charge in [-0.25, -0.2) is 8.42 Å². The summed E-state index contributed by atoms with van der Waals surface area (Å²) in [5, 5.41) is 14.4. The Bertz CT molecular complexity index is 814. The van der Waals surface area contributed by atoms with Crippen LogP contribution in [0.3, 0.4) is 0 Å². The van der Waals surface area contributed by atoms with Crippen molar-refractivity contribution in [1.29, 1.82) is 0 Å². The van der Waals surface area contributed by atoms with E-state index in [0.717, 1.165) is 29.3 Å². The van der Waals surface area contributed by atoms with Crippen molar-refractivity contribution in [2.75, 3.05) is 10.5 Å². The minimum absolute atomic E-state index is 0.121. The summed E-state index contributed by atoms with van der Waals surface area (Å²) in [5.74, 6) is 0.121. The molecule has 2 atom stereocenters. The number of aliphatic hydroxyl groups is 1. The van der Waals surface area contributed by atoms with Crippen LogP contribution in [0.4, 0.5) is 5.69 Å². The standard InChI is InChI=1S/C18H29N3O3S/c1-5-7-10-25(23,24)21-14-8-9-16-15(11-14)13(4)17(20-16)18(22)19-12(3)6-2/h8-9,11-12,18-22H,5-7,10H2,1-4H3. The Morgan fingerprint density at radius 2 is 2.00 bits per heavy atom. The lowest BCUT2D eigenvalue weighted by molar-refractivity contribution is 0.121. The summed E-state index contributed by atoms with van der Waals surface area (Å²) in [6.07, 6.45) is 1.60. The third kappa shape index (κ3) is 4.96. The second kappa shape index (κ2) is 8.21. The minimum atomic E-state index is -3.33. The number of H-pyrrole nitrogens is 1. The van der Waals surface area contributed by atoms with Gasteiger partial charge in [0.05, 0.1) is 11.4 Å². The molecule has 6 nitrogen and oxygen atoms in total. The Hall–Kier alpha value is -1.57. The number of unbranched alkanes of at least 4 members (excludes halogenated alkanes) is 1. The predicted octanol–water partition coefficient (Wildman–Crippen LogP) is 3.40. The average Bonchev–Trinajstić information content (AvgIpc) is 2.89. The van der Waals surface area contributed by atoms with Crippen LogP contribution in [0.15, 0.2) is 18.2 Å². The highest BCUT2D eigenvalue weighted by Crippen LogP contribution is 2.28. The van der Waals surface area contributed by atoms with E-state index in [1.165, 1.54) is 0 Å². The number of rotatable bonds is 9. The van der Waals surface area contributed by atoms with Gasteiger partial charge in [0.25, 0.3) is 0 Å². The van der Waals surface area contributed by atoms with Crippen LogP contribution in [0.5, 0.6) is 0 Å². The molecule has 25 heavy (non-hydrogen) atoms. The number of anilines is 1. The van der Waals surface area contributed by atoms with Crippen molar-refractivity contribution < 1.29 is 13.5 Å². The van der Waals surface area contributed by atoms with Gasteiger partial charge in [-0.15, -0.1) is 0 Å². The highest BCUT2D eigenvalue weighted by atomic mass is 32.2. The van der Waals surface area contributed by atoms with Crippen LogP contribution in [-0.4, -0.2) is 30.3 Å². The van der Waals surface area contributed by atoms with E-state index in [9.17, 15) is 13.5 Å². The molecule has 0 spiro atoms. The van der Waals surface area contributed by atoms with Gasteiger partial charge in [0.15, 0.2) is 0 Å². The zero-order valence-corrected chi connectivity index (χ0v) is 16.2. The number of aryl methyl sites for hydroxylation is 1. The number of sulfonamides is 1. The van der Waals surface area contributed by atoms with Gasteiger partial charge in [0.2, 0.25) is 10.0 Å². The van der Waals surface area contributed by atoms with Gasteiger partial charge >= 0.3 is 0 Å². The summed E-state index contributed by atoms with van der Waals surface area (Å²) in [7, 11) is -3.33. The van der Waals surface area contributed by atoms with Crippen molar-refractivity contribution in [2.24, 2.45) is 0 Å². The summed E-state index contributed by atoms with van der Waals surface area (Å²) < 4.78 is 26.8. The maximum Gasteiger partial charge on any atom is 0.232 e. The predicted molar refractivity (Wildman–Crippen MR) is 103 cm³/mol. The Morgan fingerprint density at radius 1 is 1.28 bits per heavy atom. The van der Waals surface area contributed by atoms with E-state index < -0.39 is 16.3 Å². The molecule has 1 aromatic carbocycles. The van der Waals surface area contributed by atoms with Crippen molar-refractivity contribution in [3.8, 4) is 0 Å². The number of aliphatic hydroxyl groups excluding tert-OH is 1. The number of hydrogen-bond acceptors (Lipinski definition) is 4. The smallest absolute Gasteiger partial charge is 0.232 e. The van der Waals surface area contributed by atoms with Crippen LogP contribution < -0.4 is 10.0 Å². The molecule has 1 aromatic heterocycles. The minimum Gasteiger partial charge on any atom is -0.373 e. The Morgan fingerprint density at radius 3 is 2.64 bits per heavy atom. The number of fused-ring (bicyclic) bond motifs is 1. The molecule has 1 heterocycles. The SMILES string of the molecule is CCCCS(=O)(=O)Nc1ccc2[nH]c(C(O)NC(C)CC)c(C)c2c1. The number of hydrogen-bond donors (Lipinski definition) is 4. The molecule has 0 aliphatic heterocycles. The fourth-order valence-corrected chi connectivity index (χ4v) is 3.98. The summed E-state index contributed by atoms with van der Waals surface area (Å²) in [5.41, 5.74) is 3.03. The van der Waals surface area contributed by atoms with Crippen molar-refractivity contribution in [2.45, 2.75) is 59.2 Å². The fourth-order valence-electron chi connectivity index (χ4n) is 2.72. The molecule has 0 radical (unpaired) electrons. The van der Waals surface area contributed by atoms with E-state index in [-0.39, 0.29) is 11.8 Å². The number of nitrogens with one attached hydrogen (secondary N) is 3. The number of aromatic amines is 1. The van der Waals surface area contributed by atoms with Crippen LogP contribution in [0, 0.1) is 6.92 Å². The van der Waals surface area contributed by atoms with Gasteiger partial charge < -0.3 is 10.1 Å². The third-order valence-electron chi connectivity index (χ3n) is 4.47. The highest BCUT2D eigenvalue weighted by molar-refractivity contribution is 7.92. The normalized spacial score (nSPS) is 14.6. The molecule has 7 heteroatoms. The van der Waals surface area contributed by atoms with Crippen LogP contribution in [0.1, 0.15) is 57.5 Å². The Balaban J connectivity index is 2.27. The summed E-state index contributed by atoms with van der Waals surface area (Å²) in [6, 6.07) is 5.57. The van der Waals surface area contributed by atoms with Gasteiger partial charge in [-0.05, 0) is 50.5 Å². The zero-order chi connectivity index (χ0) is 18.6. The van der Waals surface area contributed by atoms with Crippen LogP contribution >= 0.6 is 0 Å². The van der Waals surface area contributed by atoms with Gasteiger partial charge in [-0.3, -0.25) is 10.0 Å². The molecule has 0 amide bonds. The first-order valence-corrected chi connectivity index (χ1v) is 10.5. The van der Waals surface area contributed by atoms with E-state index in [1.807, 2.05) is 32.9 Å². The molecule has 0 saturated carbocycles. The fraction of sp³-hybridized carbons (Fsp3) is 0.556.